The van der Waals surface area contributed by atoms with Crippen molar-refractivity contribution in [2.24, 2.45) is 5.41 Å². The molecule has 29 heavy (non-hydrogen) atoms. The summed E-state index contributed by atoms with van der Waals surface area (Å²) in [6.45, 7) is 11.3. The van der Waals surface area contributed by atoms with E-state index in [0.717, 1.165) is 32.1 Å². The van der Waals surface area contributed by atoms with Crippen molar-refractivity contribution < 1.29 is 9.18 Å². The molecule has 0 unspecified atom stereocenters. The van der Waals surface area contributed by atoms with E-state index in [1.807, 2.05) is 6.08 Å². The van der Waals surface area contributed by atoms with Gasteiger partial charge in [-0.1, -0.05) is 63.5 Å². The van der Waals surface area contributed by atoms with Gasteiger partial charge in [-0.15, -0.1) is 0 Å². The van der Waals surface area contributed by atoms with E-state index in [9.17, 15) is 9.18 Å². The zero-order valence-electron chi connectivity index (χ0n) is 18.7. The molecule has 0 spiro atoms. The van der Waals surface area contributed by atoms with E-state index in [0.29, 0.717) is 23.2 Å². The molecule has 2 rings (SSSR count). The molecule has 1 aliphatic carbocycles. The van der Waals surface area contributed by atoms with Crippen LogP contribution >= 0.6 is 0 Å². The summed E-state index contributed by atoms with van der Waals surface area (Å²) in [6, 6.07) is 6.75. The SMILES string of the molecule is CCCCCNC(=O)c1ccc(/C(F)=C(C)/C=C/C2=C(C)CCCC2(C)C)cc1. The maximum Gasteiger partial charge on any atom is 0.251 e. The Morgan fingerprint density at radius 1 is 1.17 bits per heavy atom. The average Bonchev–Trinajstić information content (AvgIpc) is 2.69. The van der Waals surface area contributed by atoms with Crippen molar-refractivity contribution in [3.63, 3.8) is 0 Å². The van der Waals surface area contributed by atoms with Gasteiger partial charge >= 0.3 is 0 Å². The summed E-state index contributed by atoms with van der Waals surface area (Å²) < 4.78 is 14.9. The van der Waals surface area contributed by atoms with E-state index in [-0.39, 0.29) is 17.1 Å². The summed E-state index contributed by atoms with van der Waals surface area (Å²) in [6.07, 6.45) is 10.7. The number of carbonyl (C=O) groups is 1. The lowest BCUT2D eigenvalue weighted by molar-refractivity contribution is 0.0953. The number of carbonyl (C=O) groups excluding carboxylic acids is 1. The van der Waals surface area contributed by atoms with Gasteiger partial charge in [0.1, 0.15) is 5.83 Å². The second-order valence-corrected chi connectivity index (χ2v) is 8.80. The third kappa shape index (κ3) is 6.42. The first-order valence-electron chi connectivity index (χ1n) is 10.9. The topological polar surface area (TPSA) is 29.1 Å². The van der Waals surface area contributed by atoms with Crippen LogP contribution in [-0.4, -0.2) is 12.5 Å². The Hall–Kier alpha value is -2.16. The lowest BCUT2D eigenvalue weighted by Crippen LogP contribution is -2.24. The Morgan fingerprint density at radius 2 is 1.83 bits per heavy atom. The van der Waals surface area contributed by atoms with E-state index in [2.05, 4.69) is 39.1 Å². The number of amides is 1. The first-order chi connectivity index (χ1) is 13.8. The molecule has 1 aliphatic rings. The Kier molecular flexibility index (Phi) is 8.43. The number of rotatable bonds is 8. The van der Waals surface area contributed by atoms with Gasteiger partial charge in [-0.2, -0.15) is 0 Å². The monoisotopic (exact) mass is 397 g/mol. The summed E-state index contributed by atoms with van der Waals surface area (Å²) in [5.41, 5.74) is 4.54. The zero-order valence-corrected chi connectivity index (χ0v) is 18.7. The summed E-state index contributed by atoms with van der Waals surface area (Å²) in [4.78, 5) is 12.2. The van der Waals surface area contributed by atoms with Crippen molar-refractivity contribution >= 4 is 11.7 Å². The Bertz CT molecular complexity index is 797. The molecule has 0 saturated heterocycles. The number of hydrogen-bond donors (Lipinski definition) is 1. The van der Waals surface area contributed by atoms with Gasteiger partial charge in [-0.05, 0) is 68.2 Å². The second kappa shape index (κ2) is 10.6. The summed E-state index contributed by atoms with van der Waals surface area (Å²) in [5, 5.41) is 2.91. The smallest absolute Gasteiger partial charge is 0.251 e. The average molecular weight is 398 g/mol. The number of unbranched alkanes of at least 4 members (excludes halogenated alkanes) is 2. The van der Waals surface area contributed by atoms with Crippen LogP contribution in [0.2, 0.25) is 0 Å². The van der Waals surface area contributed by atoms with Crippen molar-refractivity contribution in [1.29, 1.82) is 0 Å². The summed E-state index contributed by atoms with van der Waals surface area (Å²) >= 11 is 0. The number of halogens is 1. The molecule has 1 aromatic carbocycles. The fourth-order valence-corrected chi connectivity index (χ4v) is 3.97. The summed E-state index contributed by atoms with van der Waals surface area (Å²) in [5.74, 6) is -0.348. The van der Waals surface area contributed by atoms with Gasteiger partial charge in [0.25, 0.3) is 5.91 Å². The van der Waals surface area contributed by atoms with Crippen molar-refractivity contribution in [1.82, 2.24) is 5.32 Å². The predicted molar refractivity (Wildman–Crippen MR) is 121 cm³/mol. The van der Waals surface area contributed by atoms with Crippen LogP contribution in [0.5, 0.6) is 0 Å². The molecule has 0 aromatic heterocycles. The minimum absolute atomic E-state index is 0.101. The lowest BCUT2D eigenvalue weighted by Gasteiger charge is -2.33. The molecular formula is C26H36FNO. The normalized spacial score (nSPS) is 17.4. The van der Waals surface area contributed by atoms with Crippen molar-refractivity contribution in [2.75, 3.05) is 6.54 Å². The number of allylic oxidation sites excluding steroid dienone is 5. The minimum atomic E-state index is -0.247. The van der Waals surface area contributed by atoms with Gasteiger partial charge in [0.15, 0.2) is 0 Å². The maximum absolute atomic E-state index is 14.9. The Balaban J connectivity index is 2.09. The van der Waals surface area contributed by atoms with E-state index < -0.39 is 0 Å². The molecule has 0 bridgehead atoms. The standard InChI is InChI=1S/C26H36FNO/c1-6-7-8-18-28-25(29)22-14-12-21(13-15-22)24(27)20(3)11-16-23-19(2)10-9-17-26(23,4)5/h11-16H,6-10,17-18H2,1-5H3,(H,28,29)/b16-11+,24-20-. The van der Waals surface area contributed by atoms with Gasteiger partial charge in [0, 0.05) is 17.7 Å². The fraction of sp³-hybridized carbons (Fsp3) is 0.500. The van der Waals surface area contributed by atoms with E-state index >= 15 is 0 Å². The van der Waals surface area contributed by atoms with Crippen LogP contribution < -0.4 is 5.32 Å². The highest BCUT2D eigenvalue weighted by atomic mass is 19.1. The molecule has 0 atom stereocenters. The maximum atomic E-state index is 14.9. The highest BCUT2D eigenvalue weighted by Gasteiger charge is 2.26. The third-order valence-corrected chi connectivity index (χ3v) is 5.86. The second-order valence-electron chi connectivity index (χ2n) is 8.80. The minimum Gasteiger partial charge on any atom is -0.352 e. The van der Waals surface area contributed by atoms with Gasteiger partial charge < -0.3 is 5.32 Å². The quantitative estimate of drug-likeness (QED) is 0.359. The van der Waals surface area contributed by atoms with Crippen LogP contribution in [0.4, 0.5) is 4.39 Å². The number of benzene rings is 1. The van der Waals surface area contributed by atoms with E-state index in [4.69, 9.17) is 0 Å². The van der Waals surface area contributed by atoms with Gasteiger partial charge in [0.2, 0.25) is 0 Å². The van der Waals surface area contributed by atoms with Crippen LogP contribution in [0.15, 0.2) is 53.1 Å². The molecule has 158 valence electrons. The highest BCUT2D eigenvalue weighted by Crippen LogP contribution is 2.41. The van der Waals surface area contributed by atoms with Crippen LogP contribution in [-0.2, 0) is 0 Å². The molecule has 1 N–H and O–H groups in total. The molecule has 0 fully saturated rings. The predicted octanol–water partition coefficient (Wildman–Crippen LogP) is 7.39. The first kappa shape index (κ1) is 23.1. The molecule has 0 saturated carbocycles. The van der Waals surface area contributed by atoms with E-state index in [1.54, 1.807) is 31.2 Å². The molecule has 0 aliphatic heterocycles. The Labute approximate surface area is 176 Å². The van der Waals surface area contributed by atoms with Crippen molar-refractivity contribution in [2.45, 2.75) is 73.1 Å². The van der Waals surface area contributed by atoms with Crippen molar-refractivity contribution in [3.05, 3.63) is 64.3 Å². The molecule has 1 aromatic rings. The number of hydrogen-bond acceptors (Lipinski definition) is 1. The molecule has 0 heterocycles. The molecular weight excluding hydrogens is 361 g/mol. The first-order valence-corrected chi connectivity index (χ1v) is 10.9. The molecule has 2 nitrogen and oxygen atoms in total. The molecule has 1 amide bonds. The van der Waals surface area contributed by atoms with Gasteiger partial charge in [-0.3, -0.25) is 4.79 Å². The van der Waals surface area contributed by atoms with E-state index in [1.165, 1.54) is 17.6 Å². The van der Waals surface area contributed by atoms with Crippen molar-refractivity contribution in [3.8, 4) is 0 Å². The molecule has 0 radical (unpaired) electrons. The zero-order chi connectivity index (χ0) is 21.4. The largest absolute Gasteiger partial charge is 0.352 e. The lowest BCUT2D eigenvalue weighted by atomic mass is 9.72. The molecule has 3 heteroatoms. The van der Waals surface area contributed by atoms with Crippen LogP contribution in [0.3, 0.4) is 0 Å². The van der Waals surface area contributed by atoms with Crippen LogP contribution in [0, 0.1) is 5.41 Å². The van der Waals surface area contributed by atoms with Crippen LogP contribution in [0.25, 0.3) is 5.83 Å². The number of nitrogens with one attached hydrogen (secondary N) is 1. The third-order valence-electron chi connectivity index (χ3n) is 5.86. The summed E-state index contributed by atoms with van der Waals surface area (Å²) in [7, 11) is 0. The Morgan fingerprint density at radius 3 is 2.45 bits per heavy atom. The van der Waals surface area contributed by atoms with Crippen LogP contribution in [0.1, 0.15) is 89.1 Å². The van der Waals surface area contributed by atoms with Gasteiger partial charge in [0.05, 0.1) is 0 Å². The fourth-order valence-electron chi connectivity index (χ4n) is 3.97. The highest BCUT2D eigenvalue weighted by molar-refractivity contribution is 5.94. The van der Waals surface area contributed by atoms with Gasteiger partial charge in [-0.25, -0.2) is 4.39 Å².